The predicted molar refractivity (Wildman–Crippen MR) is 81.4 cm³/mol. The lowest BCUT2D eigenvalue weighted by Gasteiger charge is -2.19. The molecule has 0 aliphatic carbocycles. The van der Waals surface area contributed by atoms with Crippen molar-refractivity contribution in [2.45, 2.75) is 30.6 Å². The maximum absolute atomic E-state index is 12.1. The van der Waals surface area contributed by atoms with Gasteiger partial charge in [0.05, 0.1) is 4.90 Å². The van der Waals surface area contributed by atoms with Crippen molar-refractivity contribution in [2.24, 2.45) is 0 Å². The maximum atomic E-state index is 12.1. The molecule has 2 N–H and O–H groups in total. The molecule has 118 valence electrons. The maximum Gasteiger partial charge on any atom is 0.345 e. The normalized spacial score (nSPS) is 17.5. The second kappa shape index (κ2) is 7.35. The Morgan fingerprint density at radius 2 is 1.95 bits per heavy atom. The average Bonchev–Trinajstić information content (AvgIpc) is 2.80. The minimum absolute atomic E-state index is 0.0285. The van der Waals surface area contributed by atoms with Gasteiger partial charge in [0.25, 0.3) is 0 Å². The van der Waals surface area contributed by atoms with Crippen LogP contribution in [0.1, 0.15) is 35.4 Å². The van der Waals surface area contributed by atoms with E-state index in [0.717, 1.165) is 24.4 Å². The first-order valence-corrected chi connectivity index (χ1v) is 9.39. The standard InChI is InChI=1S/C13H20N2O4S2/c16-13(17)12-9-11(10-20-12)21(18,19)14-5-8-15-6-3-1-2-4-7-15/h9-10,14H,1-8H2,(H,16,17). The fourth-order valence-electron chi connectivity index (χ4n) is 2.35. The van der Waals surface area contributed by atoms with E-state index in [0.29, 0.717) is 13.1 Å². The molecule has 0 bridgehead atoms. The van der Waals surface area contributed by atoms with Crippen molar-refractivity contribution in [1.82, 2.24) is 9.62 Å². The number of thiophene rings is 1. The van der Waals surface area contributed by atoms with Crippen LogP contribution in [0.5, 0.6) is 0 Å². The highest BCUT2D eigenvalue weighted by molar-refractivity contribution is 7.89. The van der Waals surface area contributed by atoms with E-state index in [1.165, 1.54) is 37.1 Å². The molecular formula is C13H20N2O4S2. The quantitative estimate of drug-likeness (QED) is 0.826. The van der Waals surface area contributed by atoms with Crippen LogP contribution in [0.4, 0.5) is 0 Å². The van der Waals surface area contributed by atoms with Crippen LogP contribution in [0.2, 0.25) is 0 Å². The van der Waals surface area contributed by atoms with Gasteiger partial charge in [0.15, 0.2) is 0 Å². The number of hydrogen-bond donors (Lipinski definition) is 2. The topological polar surface area (TPSA) is 86.7 Å². The Balaban J connectivity index is 1.87. The third-order valence-electron chi connectivity index (χ3n) is 3.52. The van der Waals surface area contributed by atoms with E-state index in [1.54, 1.807) is 0 Å². The van der Waals surface area contributed by atoms with Gasteiger partial charge in [-0.2, -0.15) is 0 Å². The van der Waals surface area contributed by atoms with Gasteiger partial charge >= 0.3 is 5.97 Å². The second-order valence-corrected chi connectivity index (χ2v) is 7.78. The molecule has 21 heavy (non-hydrogen) atoms. The summed E-state index contributed by atoms with van der Waals surface area (Å²) in [5.41, 5.74) is 0. The molecule has 1 aromatic heterocycles. The van der Waals surface area contributed by atoms with Crippen molar-refractivity contribution in [3.63, 3.8) is 0 Å². The number of hydrogen-bond acceptors (Lipinski definition) is 5. The van der Waals surface area contributed by atoms with E-state index < -0.39 is 16.0 Å². The van der Waals surface area contributed by atoms with E-state index in [2.05, 4.69) is 9.62 Å². The van der Waals surface area contributed by atoms with Crippen LogP contribution in [-0.4, -0.2) is 50.6 Å². The number of carboxylic acid groups (broad SMARTS) is 1. The van der Waals surface area contributed by atoms with Gasteiger partial charge in [-0.1, -0.05) is 12.8 Å². The lowest BCUT2D eigenvalue weighted by Crippen LogP contribution is -2.35. The van der Waals surface area contributed by atoms with Crippen molar-refractivity contribution in [3.05, 3.63) is 16.3 Å². The van der Waals surface area contributed by atoms with E-state index >= 15 is 0 Å². The molecule has 1 aromatic rings. The minimum Gasteiger partial charge on any atom is -0.477 e. The van der Waals surface area contributed by atoms with Crippen LogP contribution in [-0.2, 0) is 10.0 Å². The van der Waals surface area contributed by atoms with Crippen LogP contribution in [0.25, 0.3) is 0 Å². The molecule has 2 heterocycles. The number of nitrogens with zero attached hydrogens (tertiary/aromatic N) is 1. The molecule has 2 rings (SSSR count). The van der Waals surface area contributed by atoms with E-state index in [1.807, 2.05) is 0 Å². The number of carbonyl (C=O) groups is 1. The van der Waals surface area contributed by atoms with E-state index in [-0.39, 0.29) is 9.77 Å². The van der Waals surface area contributed by atoms with Crippen LogP contribution in [0, 0.1) is 0 Å². The van der Waals surface area contributed by atoms with Crippen molar-refractivity contribution in [3.8, 4) is 0 Å². The van der Waals surface area contributed by atoms with Gasteiger partial charge in [-0.3, -0.25) is 0 Å². The smallest absolute Gasteiger partial charge is 0.345 e. The van der Waals surface area contributed by atoms with Gasteiger partial charge in [0, 0.05) is 18.5 Å². The highest BCUT2D eigenvalue weighted by atomic mass is 32.2. The van der Waals surface area contributed by atoms with E-state index in [9.17, 15) is 13.2 Å². The Bertz CT molecular complexity index is 575. The Kier molecular flexibility index (Phi) is 5.74. The molecule has 0 spiro atoms. The summed E-state index contributed by atoms with van der Waals surface area (Å²) in [4.78, 5) is 13.1. The molecule has 8 heteroatoms. The van der Waals surface area contributed by atoms with Crippen molar-refractivity contribution in [1.29, 1.82) is 0 Å². The summed E-state index contributed by atoms with van der Waals surface area (Å²) in [5.74, 6) is -1.11. The predicted octanol–water partition coefficient (Wildman–Crippen LogP) is 1.60. The minimum atomic E-state index is -3.61. The van der Waals surface area contributed by atoms with Crippen molar-refractivity contribution in [2.75, 3.05) is 26.2 Å². The zero-order valence-corrected chi connectivity index (χ0v) is 13.4. The fraction of sp³-hybridized carbons (Fsp3) is 0.615. The van der Waals surface area contributed by atoms with Gasteiger partial charge < -0.3 is 10.0 Å². The first-order chi connectivity index (χ1) is 9.99. The summed E-state index contributed by atoms with van der Waals surface area (Å²) in [6.07, 6.45) is 4.82. The highest BCUT2D eigenvalue weighted by Gasteiger charge is 2.18. The van der Waals surface area contributed by atoms with Gasteiger partial charge in [-0.25, -0.2) is 17.9 Å². The molecule has 0 unspecified atom stereocenters. The van der Waals surface area contributed by atoms with E-state index in [4.69, 9.17) is 5.11 Å². The summed E-state index contributed by atoms with van der Waals surface area (Å²) in [6.45, 7) is 3.07. The Labute approximate surface area is 128 Å². The van der Waals surface area contributed by atoms with Crippen molar-refractivity contribution < 1.29 is 18.3 Å². The molecule has 0 aromatic carbocycles. The van der Waals surface area contributed by atoms with Crippen LogP contribution < -0.4 is 4.72 Å². The van der Waals surface area contributed by atoms with Gasteiger partial charge in [0.2, 0.25) is 10.0 Å². The SMILES string of the molecule is O=C(O)c1cc(S(=O)(=O)NCCN2CCCCCC2)cs1. The number of aromatic carboxylic acids is 1. The number of rotatable bonds is 6. The van der Waals surface area contributed by atoms with Gasteiger partial charge in [-0.15, -0.1) is 11.3 Å². The Hall–Kier alpha value is -0.960. The lowest BCUT2D eigenvalue weighted by atomic mass is 10.2. The van der Waals surface area contributed by atoms with Crippen LogP contribution in [0.15, 0.2) is 16.3 Å². The van der Waals surface area contributed by atoms with Gasteiger partial charge in [-0.05, 0) is 32.0 Å². The zero-order chi connectivity index (χ0) is 15.3. The Morgan fingerprint density at radius 3 is 2.52 bits per heavy atom. The molecule has 0 radical (unpaired) electrons. The van der Waals surface area contributed by atoms with Crippen molar-refractivity contribution >= 4 is 27.3 Å². The molecule has 0 amide bonds. The first-order valence-electron chi connectivity index (χ1n) is 7.03. The molecule has 6 nitrogen and oxygen atoms in total. The zero-order valence-electron chi connectivity index (χ0n) is 11.7. The number of sulfonamides is 1. The summed E-state index contributed by atoms with van der Waals surface area (Å²) >= 11 is 0.920. The summed E-state index contributed by atoms with van der Waals surface area (Å²) in [6, 6.07) is 1.20. The lowest BCUT2D eigenvalue weighted by molar-refractivity contribution is 0.0702. The number of nitrogens with one attached hydrogen (secondary N) is 1. The summed E-state index contributed by atoms with van der Waals surface area (Å²) in [5, 5.41) is 10.2. The summed E-state index contributed by atoms with van der Waals surface area (Å²) < 4.78 is 26.7. The largest absolute Gasteiger partial charge is 0.477 e. The molecule has 0 atom stereocenters. The van der Waals surface area contributed by atoms with Crippen LogP contribution in [0.3, 0.4) is 0 Å². The molecule has 1 fully saturated rings. The molecule has 1 aliphatic rings. The molecule has 1 saturated heterocycles. The monoisotopic (exact) mass is 332 g/mol. The molecule has 0 saturated carbocycles. The summed E-state index contributed by atoms with van der Waals surface area (Å²) in [7, 11) is -3.61. The second-order valence-electron chi connectivity index (χ2n) is 5.11. The highest BCUT2D eigenvalue weighted by Crippen LogP contribution is 2.19. The Morgan fingerprint density at radius 1 is 1.29 bits per heavy atom. The first kappa shape index (κ1) is 16.4. The number of likely N-dealkylation sites (tertiary alicyclic amines) is 1. The third-order valence-corrected chi connectivity index (χ3v) is 6.02. The fourth-order valence-corrected chi connectivity index (χ4v) is 4.49. The van der Waals surface area contributed by atoms with Gasteiger partial charge in [0.1, 0.15) is 4.88 Å². The molecule has 1 aliphatic heterocycles. The third kappa shape index (κ3) is 4.77. The average molecular weight is 332 g/mol. The van der Waals surface area contributed by atoms with Crippen LogP contribution >= 0.6 is 11.3 Å². The number of carboxylic acids is 1. The molecular weight excluding hydrogens is 312 g/mol.